The average molecular weight is 357 g/mol. The van der Waals surface area contributed by atoms with E-state index in [2.05, 4.69) is 15.5 Å². The lowest BCUT2D eigenvalue weighted by Gasteiger charge is -2.39. The number of methoxy groups -OCH3 is 1. The van der Waals surface area contributed by atoms with E-state index in [4.69, 9.17) is 14.0 Å². The largest absolute Gasteiger partial charge is 0.497 e. The van der Waals surface area contributed by atoms with Crippen molar-refractivity contribution in [3.63, 3.8) is 0 Å². The molecule has 1 aromatic heterocycles. The van der Waals surface area contributed by atoms with Crippen molar-refractivity contribution in [1.29, 1.82) is 0 Å². The molecule has 7 nitrogen and oxygen atoms in total. The summed E-state index contributed by atoms with van der Waals surface area (Å²) >= 11 is 0. The van der Waals surface area contributed by atoms with Crippen LogP contribution in [0.1, 0.15) is 31.6 Å². The topological polar surface area (TPSA) is 86.5 Å². The number of hydrogen-bond donors (Lipinski definition) is 1. The minimum atomic E-state index is 0.0906. The van der Waals surface area contributed by atoms with Gasteiger partial charge in [0.2, 0.25) is 17.6 Å². The maximum absolute atomic E-state index is 12.1. The molecule has 2 aromatic rings. The summed E-state index contributed by atoms with van der Waals surface area (Å²) in [5.41, 5.74) is 0.843. The molecule has 2 aliphatic rings. The lowest BCUT2D eigenvalue weighted by Crippen LogP contribution is -2.53. The summed E-state index contributed by atoms with van der Waals surface area (Å²) in [5.74, 6) is 2.43. The molecule has 0 radical (unpaired) electrons. The third kappa shape index (κ3) is 3.58. The second-order valence-electron chi connectivity index (χ2n) is 6.87. The Balaban J connectivity index is 1.24. The molecule has 138 valence electrons. The number of amides is 1. The van der Waals surface area contributed by atoms with Gasteiger partial charge >= 0.3 is 0 Å². The van der Waals surface area contributed by atoms with E-state index in [0.717, 1.165) is 30.8 Å². The fourth-order valence-electron chi connectivity index (χ4n) is 3.68. The van der Waals surface area contributed by atoms with Crippen LogP contribution in [-0.2, 0) is 16.0 Å². The van der Waals surface area contributed by atoms with Crippen LogP contribution in [0.5, 0.6) is 5.75 Å². The van der Waals surface area contributed by atoms with Crippen LogP contribution < -0.4 is 10.1 Å². The molecule has 0 unspecified atom stereocenters. The van der Waals surface area contributed by atoms with Crippen molar-refractivity contribution in [3.8, 4) is 17.1 Å². The van der Waals surface area contributed by atoms with Crippen molar-refractivity contribution in [2.45, 2.75) is 44.2 Å². The molecule has 0 spiro atoms. The number of aromatic nitrogens is 2. The Labute approximate surface area is 152 Å². The standard InChI is InChI=1S/C19H23N3O4/c1-24-13-5-2-4-12(10-13)19-21-18(26-22-19)7-3-6-17(23)20-15-11-16-14(15)8-9-25-16/h2,4-5,10,14-16H,3,6-9,11H2,1H3,(H,20,23)/t14-,15+,16+/m0/s1. The van der Waals surface area contributed by atoms with Gasteiger partial charge in [-0.15, -0.1) is 0 Å². The fraction of sp³-hybridized carbons (Fsp3) is 0.526. The van der Waals surface area contributed by atoms with E-state index in [1.54, 1.807) is 7.11 Å². The minimum Gasteiger partial charge on any atom is -0.497 e. The molecule has 1 amide bonds. The van der Waals surface area contributed by atoms with Gasteiger partial charge in [0.1, 0.15) is 5.75 Å². The first-order valence-corrected chi connectivity index (χ1v) is 9.11. The number of carbonyl (C=O) groups excluding carboxylic acids is 1. The number of nitrogens with one attached hydrogen (secondary N) is 1. The van der Waals surface area contributed by atoms with Crippen molar-refractivity contribution >= 4 is 5.91 Å². The highest BCUT2D eigenvalue weighted by Gasteiger charge is 2.45. The van der Waals surface area contributed by atoms with Crippen LogP contribution in [0.15, 0.2) is 28.8 Å². The third-order valence-electron chi connectivity index (χ3n) is 5.20. The van der Waals surface area contributed by atoms with Crippen molar-refractivity contribution in [2.75, 3.05) is 13.7 Å². The van der Waals surface area contributed by atoms with Crippen LogP contribution in [0.3, 0.4) is 0 Å². The molecule has 1 saturated heterocycles. The predicted octanol–water partition coefficient (Wildman–Crippen LogP) is 2.36. The van der Waals surface area contributed by atoms with Crippen LogP contribution >= 0.6 is 0 Å². The van der Waals surface area contributed by atoms with Gasteiger partial charge in [-0.2, -0.15) is 4.98 Å². The molecule has 2 heterocycles. The van der Waals surface area contributed by atoms with E-state index in [9.17, 15) is 4.79 Å². The van der Waals surface area contributed by atoms with Gasteiger partial charge in [0, 0.05) is 37.0 Å². The van der Waals surface area contributed by atoms with Crippen molar-refractivity contribution < 1.29 is 18.8 Å². The number of hydrogen-bond acceptors (Lipinski definition) is 6. The summed E-state index contributed by atoms with van der Waals surface area (Å²) in [6.07, 6.45) is 4.11. The van der Waals surface area contributed by atoms with E-state index in [-0.39, 0.29) is 11.9 Å². The van der Waals surface area contributed by atoms with E-state index < -0.39 is 0 Å². The molecule has 1 aromatic carbocycles. The predicted molar refractivity (Wildman–Crippen MR) is 93.6 cm³/mol. The zero-order chi connectivity index (χ0) is 17.9. The van der Waals surface area contributed by atoms with Gasteiger partial charge in [0.15, 0.2) is 0 Å². The van der Waals surface area contributed by atoms with Gasteiger partial charge in [-0.25, -0.2) is 0 Å². The fourth-order valence-corrected chi connectivity index (χ4v) is 3.68. The molecule has 26 heavy (non-hydrogen) atoms. The minimum absolute atomic E-state index is 0.0906. The Kier molecular flexibility index (Phi) is 4.88. The second-order valence-corrected chi connectivity index (χ2v) is 6.87. The van der Waals surface area contributed by atoms with E-state index in [0.29, 0.717) is 43.0 Å². The van der Waals surface area contributed by atoms with Gasteiger partial charge in [-0.1, -0.05) is 17.3 Å². The Morgan fingerprint density at radius 1 is 1.42 bits per heavy atom. The summed E-state index contributed by atoms with van der Waals surface area (Å²) < 4.78 is 16.1. The normalized spacial score (nSPS) is 24.0. The van der Waals surface area contributed by atoms with Gasteiger partial charge in [0.25, 0.3) is 0 Å². The highest BCUT2D eigenvalue weighted by molar-refractivity contribution is 5.76. The number of rotatable bonds is 7. The Hall–Kier alpha value is -2.41. The summed E-state index contributed by atoms with van der Waals surface area (Å²) in [6.45, 7) is 0.828. The molecule has 4 rings (SSSR count). The lowest BCUT2D eigenvalue weighted by molar-refractivity contribution is -0.124. The summed E-state index contributed by atoms with van der Waals surface area (Å²) in [7, 11) is 1.62. The number of benzene rings is 1. The van der Waals surface area contributed by atoms with E-state index in [1.165, 1.54) is 0 Å². The maximum Gasteiger partial charge on any atom is 0.226 e. The monoisotopic (exact) mass is 357 g/mol. The maximum atomic E-state index is 12.1. The first kappa shape index (κ1) is 17.0. The molecule has 1 aliphatic carbocycles. The van der Waals surface area contributed by atoms with Crippen molar-refractivity contribution in [1.82, 2.24) is 15.5 Å². The van der Waals surface area contributed by atoms with Crippen LogP contribution in [0.4, 0.5) is 0 Å². The van der Waals surface area contributed by atoms with E-state index >= 15 is 0 Å². The zero-order valence-corrected chi connectivity index (χ0v) is 14.8. The summed E-state index contributed by atoms with van der Waals surface area (Å²) in [4.78, 5) is 16.5. The van der Waals surface area contributed by atoms with Gasteiger partial charge in [-0.3, -0.25) is 4.79 Å². The van der Waals surface area contributed by atoms with Gasteiger partial charge in [0.05, 0.1) is 13.2 Å². The van der Waals surface area contributed by atoms with Crippen molar-refractivity contribution in [2.24, 2.45) is 5.92 Å². The smallest absolute Gasteiger partial charge is 0.226 e. The average Bonchev–Trinajstić information content (AvgIpc) is 3.26. The molecular weight excluding hydrogens is 334 g/mol. The molecule has 7 heteroatoms. The molecule has 2 fully saturated rings. The zero-order valence-electron chi connectivity index (χ0n) is 14.8. The van der Waals surface area contributed by atoms with Crippen molar-refractivity contribution in [3.05, 3.63) is 30.2 Å². The van der Waals surface area contributed by atoms with E-state index in [1.807, 2.05) is 24.3 Å². The first-order chi connectivity index (χ1) is 12.7. The summed E-state index contributed by atoms with van der Waals surface area (Å²) in [6, 6.07) is 7.81. The van der Waals surface area contributed by atoms with Gasteiger partial charge in [-0.05, 0) is 31.4 Å². The highest BCUT2D eigenvalue weighted by atomic mass is 16.5. The molecule has 1 N–H and O–H groups in total. The summed E-state index contributed by atoms with van der Waals surface area (Å²) in [5, 5.41) is 7.13. The molecule has 1 saturated carbocycles. The number of nitrogens with zero attached hydrogens (tertiary/aromatic N) is 2. The molecular formula is C19H23N3O4. The SMILES string of the molecule is COc1cccc(-c2noc(CCCC(=O)N[C@@H]3C[C@H]4OCC[C@@H]34)n2)c1. The number of ether oxygens (including phenoxy) is 2. The molecule has 0 bridgehead atoms. The molecule has 1 aliphatic heterocycles. The Morgan fingerprint density at radius 2 is 2.35 bits per heavy atom. The van der Waals surface area contributed by atoms with Crippen LogP contribution in [-0.4, -0.2) is 41.9 Å². The van der Waals surface area contributed by atoms with Gasteiger partial charge < -0.3 is 19.3 Å². The quantitative estimate of drug-likeness (QED) is 0.819. The van der Waals surface area contributed by atoms with Crippen LogP contribution in [0.25, 0.3) is 11.4 Å². The molecule has 3 atom stereocenters. The number of aryl methyl sites for hydroxylation is 1. The Bertz CT molecular complexity index is 776. The number of carbonyl (C=O) groups is 1. The lowest BCUT2D eigenvalue weighted by atomic mass is 9.76. The van der Waals surface area contributed by atoms with Crippen LogP contribution in [0, 0.1) is 5.92 Å². The first-order valence-electron chi connectivity index (χ1n) is 9.11. The second kappa shape index (κ2) is 7.45. The van der Waals surface area contributed by atoms with Crippen LogP contribution in [0.2, 0.25) is 0 Å². The Morgan fingerprint density at radius 3 is 3.19 bits per heavy atom. The third-order valence-corrected chi connectivity index (χ3v) is 5.20. The number of fused-ring (bicyclic) bond motifs is 1. The highest BCUT2D eigenvalue weighted by Crippen LogP contribution is 2.38.